The minimum Gasteiger partial charge on any atom is -0.387 e. The van der Waals surface area contributed by atoms with Crippen LogP contribution in [0.1, 0.15) is 51.8 Å². The molecule has 0 spiro atoms. The van der Waals surface area contributed by atoms with Crippen LogP contribution in [0.15, 0.2) is 18.3 Å². The van der Waals surface area contributed by atoms with E-state index in [1.807, 2.05) is 12.3 Å². The summed E-state index contributed by atoms with van der Waals surface area (Å²) in [6.45, 7) is 6.26. The minimum absolute atomic E-state index is 0.484. The van der Waals surface area contributed by atoms with Crippen LogP contribution >= 0.6 is 0 Å². The Morgan fingerprint density at radius 2 is 2.24 bits per heavy atom. The van der Waals surface area contributed by atoms with Crippen molar-refractivity contribution < 1.29 is 5.11 Å². The summed E-state index contributed by atoms with van der Waals surface area (Å²) in [6.07, 6.45) is 5.13. The Labute approximate surface area is 103 Å². The zero-order valence-corrected chi connectivity index (χ0v) is 10.9. The first-order valence-corrected chi connectivity index (χ1v) is 6.55. The Morgan fingerprint density at radius 3 is 2.76 bits per heavy atom. The second kappa shape index (κ2) is 5.05. The van der Waals surface area contributed by atoms with Crippen LogP contribution in [0, 0.1) is 0 Å². The molecule has 1 saturated heterocycles. The quantitative estimate of drug-likeness (QED) is 0.873. The van der Waals surface area contributed by atoms with E-state index in [0.29, 0.717) is 12.1 Å². The summed E-state index contributed by atoms with van der Waals surface area (Å²) in [5.74, 6) is 0. The molecule has 94 valence electrons. The summed E-state index contributed by atoms with van der Waals surface area (Å²) in [6, 6.07) is 5.25. The van der Waals surface area contributed by atoms with Crippen molar-refractivity contribution in [2.45, 2.75) is 58.2 Å². The van der Waals surface area contributed by atoms with Gasteiger partial charge in [0.15, 0.2) is 0 Å². The lowest BCUT2D eigenvalue weighted by Crippen LogP contribution is -2.34. The smallest absolute Gasteiger partial charge is 0.0931 e. The Hall–Kier alpha value is -1.09. The van der Waals surface area contributed by atoms with Crippen molar-refractivity contribution in [2.24, 2.45) is 0 Å². The molecule has 1 aromatic rings. The largest absolute Gasteiger partial charge is 0.387 e. The van der Waals surface area contributed by atoms with Gasteiger partial charge >= 0.3 is 0 Å². The van der Waals surface area contributed by atoms with Crippen molar-refractivity contribution in [3.05, 3.63) is 24.0 Å². The number of aliphatic hydroxyl groups excluding tert-OH is 1. The SMILES string of the molecule is CCC1CCC(C)N1c1ccc([C@@H](C)O)nc1. The molecule has 0 aromatic carbocycles. The van der Waals surface area contributed by atoms with Crippen LogP contribution in [-0.2, 0) is 0 Å². The first-order chi connectivity index (χ1) is 8.13. The van der Waals surface area contributed by atoms with Crippen LogP contribution in [0.25, 0.3) is 0 Å². The number of rotatable bonds is 3. The van der Waals surface area contributed by atoms with E-state index in [1.54, 1.807) is 6.92 Å². The van der Waals surface area contributed by atoms with Crippen LogP contribution in [0.4, 0.5) is 5.69 Å². The molecule has 2 rings (SSSR count). The molecular weight excluding hydrogens is 212 g/mol. The normalized spacial score (nSPS) is 26.2. The van der Waals surface area contributed by atoms with Crippen molar-refractivity contribution >= 4 is 5.69 Å². The predicted molar refractivity (Wildman–Crippen MR) is 70.1 cm³/mol. The lowest BCUT2D eigenvalue weighted by Gasteiger charge is -2.30. The average Bonchev–Trinajstić information content (AvgIpc) is 2.70. The molecule has 0 bridgehead atoms. The second-order valence-corrected chi connectivity index (χ2v) is 5.01. The number of nitrogens with zero attached hydrogens (tertiary/aromatic N) is 2. The molecule has 17 heavy (non-hydrogen) atoms. The highest BCUT2D eigenvalue weighted by molar-refractivity contribution is 5.48. The molecule has 1 aliphatic rings. The van der Waals surface area contributed by atoms with Gasteiger partial charge in [0.05, 0.1) is 23.7 Å². The summed E-state index contributed by atoms with van der Waals surface area (Å²) in [4.78, 5) is 6.81. The average molecular weight is 234 g/mol. The number of hydrogen-bond donors (Lipinski definition) is 1. The molecule has 0 radical (unpaired) electrons. The third-order valence-corrected chi connectivity index (χ3v) is 3.75. The lowest BCUT2D eigenvalue weighted by atomic mass is 10.1. The van der Waals surface area contributed by atoms with Gasteiger partial charge in [-0.1, -0.05) is 6.92 Å². The molecule has 1 aromatic heterocycles. The van der Waals surface area contributed by atoms with E-state index in [1.165, 1.54) is 24.9 Å². The first kappa shape index (κ1) is 12.4. The fourth-order valence-corrected chi connectivity index (χ4v) is 2.74. The first-order valence-electron chi connectivity index (χ1n) is 6.55. The van der Waals surface area contributed by atoms with Crippen molar-refractivity contribution in [3.8, 4) is 0 Å². The minimum atomic E-state index is -0.484. The number of aromatic nitrogens is 1. The van der Waals surface area contributed by atoms with E-state index in [9.17, 15) is 5.11 Å². The van der Waals surface area contributed by atoms with Gasteiger partial charge in [0.25, 0.3) is 0 Å². The molecule has 0 aliphatic carbocycles. The fourth-order valence-electron chi connectivity index (χ4n) is 2.74. The Kier molecular flexibility index (Phi) is 3.67. The fraction of sp³-hybridized carbons (Fsp3) is 0.643. The van der Waals surface area contributed by atoms with Crippen LogP contribution < -0.4 is 4.90 Å². The highest BCUT2D eigenvalue weighted by Crippen LogP contribution is 2.31. The summed E-state index contributed by atoms with van der Waals surface area (Å²) in [7, 11) is 0. The number of aliphatic hydroxyl groups is 1. The molecule has 2 heterocycles. The van der Waals surface area contributed by atoms with Crippen molar-refractivity contribution in [2.75, 3.05) is 4.90 Å². The molecule has 0 saturated carbocycles. The second-order valence-electron chi connectivity index (χ2n) is 5.01. The molecule has 3 nitrogen and oxygen atoms in total. The molecule has 2 unspecified atom stereocenters. The standard InChI is InChI=1S/C14H22N2O/c1-4-12-6-5-10(2)16(12)13-7-8-14(11(3)17)15-9-13/h7-12,17H,4-6H2,1-3H3/t10?,11-,12?/m1/s1. The number of pyridine rings is 1. The third kappa shape index (κ3) is 2.44. The van der Waals surface area contributed by atoms with E-state index in [0.717, 1.165) is 5.69 Å². The zero-order valence-electron chi connectivity index (χ0n) is 10.9. The van der Waals surface area contributed by atoms with Gasteiger partial charge in [0.1, 0.15) is 0 Å². The maximum absolute atomic E-state index is 9.45. The third-order valence-electron chi connectivity index (χ3n) is 3.75. The van der Waals surface area contributed by atoms with Crippen LogP contribution in [0.5, 0.6) is 0 Å². The predicted octanol–water partition coefficient (Wildman–Crippen LogP) is 2.90. The molecular formula is C14H22N2O. The molecule has 1 N–H and O–H groups in total. The Bertz CT molecular complexity index is 361. The molecule has 3 atom stereocenters. The zero-order chi connectivity index (χ0) is 12.4. The van der Waals surface area contributed by atoms with Crippen LogP contribution in [0.2, 0.25) is 0 Å². The van der Waals surface area contributed by atoms with E-state index in [4.69, 9.17) is 0 Å². The number of anilines is 1. The monoisotopic (exact) mass is 234 g/mol. The van der Waals surface area contributed by atoms with Crippen LogP contribution in [-0.4, -0.2) is 22.2 Å². The van der Waals surface area contributed by atoms with E-state index in [2.05, 4.69) is 29.8 Å². The van der Waals surface area contributed by atoms with Gasteiger partial charge in [0, 0.05) is 12.1 Å². The topological polar surface area (TPSA) is 36.4 Å². The van der Waals surface area contributed by atoms with Gasteiger partial charge in [-0.3, -0.25) is 4.98 Å². The van der Waals surface area contributed by atoms with E-state index >= 15 is 0 Å². The van der Waals surface area contributed by atoms with Gasteiger partial charge in [0.2, 0.25) is 0 Å². The summed E-state index contributed by atoms with van der Waals surface area (Å²) < 4.78 is 0. The van der Waals surface area contributed by atoms with Gasteiger partial charge in [-0.2, -0.15) is 0 Å². The highest BCUT2D eigenvalue weighted by atomic mass is 16.3. The summed E-state index contributed by atoms with van der Waals surface area (Å²) in [5, 5.41) is 9.45. The van der Waals surface area contributed by atoms with Crippen molar-refractivity contribution in [1.82, 2.24) is 4.98 Å². The summed E-state index contributed by atoms with van der Waals surface area (Å²) >= 11 is 0. The Morgan fingerprint density at radius 1 is 1.47 bits per heavy atom. The van der Waals surface area contributed by atoms with E-state index < -0.39 is 6.10 Å². The molecule has 1 aliphatic heterocycles. The number of hydrogen-bond acceptors (Lipinski definition) is 3. The van der Waals surface area contributed by atoms with Gasteiger partial charge in [-0.25, -0.2) is 0 Å². The lowest BCUT2D eigenvalue weighted by molar-refractivity contribution is 0.194. The Balaban J connectivity index is 2.21. The maximum atomic E-state index is 9.45. The van der Waals surface area contributed by atoms with E-state index in [-0.39, 0.29) is 0 Å². The summed E-state index contributed by atoms with van der Waals surface area (Å²) in [5.41, 5.74) is 1.93. The maximum Gasteiger partial charge on any atom is 0.0931 e. The van der Waals surface area contributed by atoms with Crippen molar-refractivity contribution in [1.29, 1.82) is 0 Å². The molecule has 0 amide bonds. The van der Waals surface area contributed by atoms with Gasteiger partial charge < -0.3 is 10.0 Å². The van der Waals surface area contributed by atoms with Gasteiger partial charge in [-0.05, 0) is 45.2 Å². The van der Waals surface area contributed by atoms with Crippen molar-refractivity contribution in [3.63, 3.8) is 0 Å². The van der Waals surface area contributed by atoms with Crippen LogP contribution in [0.3, 0.4) is 0 Å². The molecule has 1 fully saturated rings. The van der Waals surface area contributed by atoms with Gasteiger partial charge in [-0.15, -0.1) is 0 Å². The highest BCUT2D eigenvalue weighted by Gasteiger charge is 2.29. The molecule has 3 heteroatoms.